The third-order valence-electron chi connectivity index (χ3n) is 3.40. The van der Waals surface area contributed by atoms with Gasteiger partial charge in [0.1, 0.15) is 5.15 Å². The Morgan fingerprint density at radius 3 is 2.57 bits per heavy atom. The van der Waals surface area contributed by atoms with E-state index < -0.39 is 0 Å². The molecule has 0 spiro atoms. The largest absolute Gasteiger partial charge is 0.326 e. The van der Waals surface area contributed by atoms with Crippen molar-refractivity contribution < 1.29 is 4.79 Å². The van der Waals surface area contributed by atoms with Crippen LogP contribution in [0.25, 0.3) is 10.9 Å². The maximum atomic E-state index is 11.3. The molecule has 0 atom stereocenters. The van der Waals surface area contributed by atoms with Crippen LogP contribution in [-0.4, -0.2) is 10.9 Å². The summed E-state index contributed by atoms with van der Waals surface area (Å²) in [5.41, 5.74) is 2.23. The Labute approximate surface area is 136 Å². The van der Waals surface area contributed by atoms with Gasteiger partial charge in [-0.2, -0.15) is 0 Å². The van der Waals surface area contributed by atoms with Crippen molar-refractivity contribution >= 4 is 52.0 Å². The summed E-state index contributed by atoms with van der Waals surface area (Å²) in [6, 6.07) is 12.9. The number of fused-ring (bicyclic) bond motifs is 1. The zero-order valence-electron chi connectivity index (χ0n) is 10.8. The Morgan fingerprint density at radius 2 is 1.81 bits per heavy atom. The summed E-state index contributed by atoms with van der Waals surface area (Å²) in [4.78, 5) is 11.3. The van der Waals surface area contributed by atoms with Gasteiger partial charge in [-0.25, -0.2) is 0 Å². The van der Waals surface area contributed by atoms with Crippen molar-refractivity contribution in [3.8, 4) is 0 Å². The van der Waals surface area contributed by atoms with Crippen molar-refractivity contribution in [3.63, 3.8) is 0 Å². The number of aldehydes is 1. The highest BCUT2D eigenvalue weighted by molar-refractivity contribution is 6.34. The quantitative estimate of drug-likeness (QED) is 0.581. The first-order chi connectivity index (χ1) is 10.1. The zero-order chi connectivity index (χ0) is 15.0. The summed E-state index contributed by atoms with van der Waals surface area (Å²) in [6.07, 6.45) is 0.779. The number of benzene rings is 2. The first-order valence-corrected chi connectivity index (χ1v) is 7.41. The fourth-order valence-corrected chi connectivity index (χ4v) is 3.07. The van der Waals surface area contributed by atoms with Gasteiger partial charge in [-0.3, -0.25) is 4.79 Å². The van der Waals surface area contributed by atoms with Crippen LogP contribution >= 0.6 is 34.8 Å². The lowest BCUT2D eigenvalue weighted by molar-refractivity contribution is 0.112. The number of para-hydroxylation sites is 1. The highest BCUT2D eigenvalue weighted by atomic mass is 35.5. The molecule has 106 valence electrons. The summed E-state index contributed by atoms with van der Waals surface area (Å²) in [6.45, 7) is 0.451. The number of nitrogens with zero attached hydrogens (tertiary/aromatic N) is 1. The number of carbonyl (C=O) groups excluding carboxylic acids is 1. The Bertz CT molecular complexity index is 839. The van der Waals surface area contributed by atoms with Crippen LogP contribution in [0.3, 0.4) is 0 Å². The fourth-order valence-electron chi connectivity index (χ4n) is 2.40. The van der Waals surface area contributed by atoms with Crippen molar-refractivity contribution in [1.29, 1.82) is 0 Å². The Morgan fingerprint density at radius 1 is 1.05 bits per heavy atom. The second-order valence-electron chi connectivity index (χ2n) is 4.66. The predicted octanol–water partition coefficient (Wildman–Crippen LogP) is 5.46. The standard InChI is InChI=1S/C16H10Cl3NO/c17-11-5-6-14(18)10(7-11)8-20-15-4-2-1-3-12(15)13(9-21)16(20)19/h1-7,9H,8H2. The molecule has 0 aliphatic rings. The number of aromatic nitrogens is 1. The second kappa shape index (κ2) is 5.72. The van der Waals surface area contributed by atoms with Crippen LogP contribution in [0.2, 0.25) is 15.2 Å². The molecule has 0 fully saturated rings. The summed E-state index contributed by atoms with van der Waals surface area (Å²) >= 11 is 18.6. The minimum absolute atomic E-state index is 0.405. The van der Waals surface area contributed by atoms with Crippen LogP contribution < -0.4 is 0 Å². The van der Waals surface area contributed by atoms with Gasteiger partial charge in [0, 0.05) is 15.4 Å². The van der Waals surface area contributed by atoms with Gasteiger partial charge in [0.2, 0.25) is 0 Å². The highest BCUT2D eigenvalue weighted by Crippen LogP contribution is 2.31. The average Bonchev–Trinajstić information content (AvgIpc) is 2.75. The molecule has 0 saturated carbocycles. The molecule has 2 aromatic carbocycles. The van der Waals surface area contributed by atoms with Crippen LogP contribution in [0, 0.1) is 0 Å². The lowest BCUT2D eigenvalue weighted by Gasteiger charge is -2.09. The molecule has 5 heteroatoms. The van der Waals surface area contributed by atoms with Gasteiger partial charge < -0.3 is 4.57 Å². The molecule has 0 aliphatic heterocycles. The number of rotatable bonds is 3. The van der Waals surface area contributed by atoms with E-state index >= 15 is 0 Å². The van der Waals surface area contributed by atoms with E-state index in [4.69, 9.17) is 34.8 Å². The summed E-state index contributed by atoms with van der Waals surface area (Å²) < 4.78 is 1.86. The molecular weight excluding hydrogens is 329 g/mol. The molecule has 0 bridgehead atoms. The lowest BCUT2D eigenvalue weighted by Crippen LogP contribution is -2.00. The molecule has 0 saturated heterocycles. The van der Waals surface area contributed by atoms with Crippen LogP contribution in [0.15, 0.2) is 42.5 Å². The van der Waals surface area contributed by atoms with Crippen LogP contribution in [-0.2, 0) is 6.54 Å². The van der Waals surface area contributed by atoms with Crippen LogP contribution in [0.5, 0.6) is 0 Å². The lowest BCUT2D eigenvalue weighted by atomic mass is 10.2. The van der Waals surface area contributed by atoms with Crippen LogP contribution in [0.1, 0.15) is 15.9 Å². The van der Waals surface area contributed by atoms with E-state index in [9.17, 15) is 4.79 Å². The van der Waals surface area contributed by atoms with Gasteiger partial charge in [-0.15, -0.1) is 0 Å². The Balaban J connectivity index is 2.19. The van der Waals surface area contributed by atoms with E-state index in [0.717, 1.165) is 22.8 Å². The SMILES string of the molecule is O=Cc1c(Cl)n(Cc2cc(Cl)ccc2Cl)c2ccccc12. The van der Waals surface area contributed by atoms with Gasteiger partial charge in [0.25, 0.3) is 0 Å². The second-order valence-corrected chi connectivity index (χ2v) is 5.86. The molecule has 3 rings (SSSR count). The number of hydrogen-bond acceptors (Lipinski definition) is 1. The molecule has 1 heterocycles. The summed E-state index contributed by atoms with van der Waals surface area (Å²) in [5.74, 6) is 0. The van der Waals surface area contributed by atoms with E-state index in [0.29, 0.717) is 27.3 Å². The molecular formula is C16H10Cl3NO. The molecule has 0 aliphatic carbocycles. The Hall–Kier alpha value is -1.48. The summed E-state index contributed by atoms with van der Waals surface area (Å²) in [7, 11) is 0. The van der Waals surface area contributed by atoms with Gasteiger partial charge in [0.15, 0.2) is 6.29 Å². The number of halogens is 3. The van der Waals surface area contributed by atoms with Gasteiger partial charge in [-0.1, -0.05) is 53.0 Å². The van der Waals surface area contributed by atoms with Crippen molar-refractivity contribution in [3.05, 3.63) is 68.8 Å². The molecule has 0 amide bonds. The molecule has 1 aromatic heterocycles. The fraction of sp³-hybridized carbons (Fsp3) is 0.0625. The molecule has 2 nitrogen and oxygen atoms in total. The van der Waals surface area contributed by atoms with Gasteiger partial charge >= 0.3 is 0 Å². The van der Waals surface area contributed by atoms with Crippen molar-refractivity contribution in [2.24, 2.45) is 0 Å². The van der Waals surface area contributed by atoms with E-state index in [1.54, 1.807) is 18.2 Å². The predicted molar refractivity (Wildman–Crippen MR) is 87.9 cm³/mol. The first-order valence-electron chi connectivity index (χ1n) is 6.27. The molecule has 0 radical (unpaired) electrons. The van der Waals surface area contributed by atoms with Crippen molar-refractivity contribution in [1.82, 2.24) is 4.57 Å². The molecule has 0 N–H and O–H groups in total. The van der Waals surface area contributed by atoms with Crippen molar-refractivity contribution in [2.45, 2.75) is 6.54 Å². The molecule has 21 heavy (non-hydrogen) atoms. The molecule has 0 unspecified atom stereocenters. The molecule has 3 aromatic rings. The third kappa shape index (κ3) is 2.55. The van der Waals surface area contributed by atoms with E-state index in [1.807, 2.05) is 28.8 Å². The van der Waals surface area contributed by atoms with Gasteiger partial charge in [-0.05, 0) is 29.8 Å². The minimum atomic E-state index is 0.405. The number of hydrogen-bond donors (Lipinski definition) is 0. The van der Waals surface area contributed by atoms with E-state index in [-0.39, 0.29) is 0 Å². The van der Waals surface area contributed by atoms with Crippen molar-refractivity contribution in [2.75, 3.05) is 0 Å². The summed E-state index contributed by atoms with van der Waals surface area (Å²) in [5, 5.41) is 2.45. The first kappa shape index (κ1) is 14.5. The Kier molecular flexibility index (Phi) is 3.94. The van der Waals surface area contributed by atoms with Gasteiger partial charge in [0.05, 0.1) is 17.6 Å². The minimum Gasteiger partial charge on any atom is -0.326 e. The van der Waals surface area contributed by atoms with Crippen LogP contribution in [0.4, 0.5) is 0 Å². The van der Waals surface area contributed by atoms with E-state index in [2.05, 4.69) is 0 Å². The normalized spacial score (nSPS) is 11.0. The average molecular weight is 339 g/mol. The maximum absolute atomic E-state index is 11.3. The zero-order valence-corrected chi connectivity index (χ0v) is 13.1. The third-order valence-corrected chi connectivity index (χ3v) is 4.41. The topological polar surface area (TPSA) is 22.0 Å². The highest BCUT2D eigenvalue weighted by Gasteiger charge is 2.15. The maximum Gasteiger partial charge on any atom is 0.153 e. The monoisotopic (exact) mass is 337 g/mol. The smallest absolute Gasteiger partial charge is 0.153 e. The number of carbonyl (C=O) groups is 1. The van der Waals surface area contributed by atoms with E-state index in [1.165, 1.54) is 0 Å².